The van der Waals surface area contributed by atoms with E-state index in [0.717, 1.165) is 41.8 Å². The van der Waals surface area contributed by atoms with Crippen LogP contribution in [-0.2, 0) is 13.0 Å². The fourth-order valence-electron chi connectivity index (χ4n) is 2.90. The van der Waals surface area contributed by atoms with Gasteiger partial charge in [-0.15, -0.1) is 6.58 Å². The molecule has 0 aliphatic heterocycles. The number of allylic oxidation sites excluding steroid dienone is 1. The number of primary amides is 1. The SMILES string of the molecule is C=CCn1c(C)c(C(N)=O)c(-c2cccnc2)c1CCCC. The Labute approximate surface area is 131 Å². The molecule has 2 heterocycles. The Morgan fingerprint density at radius 3 is 2.82 bits per heavy atom. The number of hydrogen-bond acceptors (Lipinski definition) is 2. The second kappa shape index (κ2) is 7.07. The zero-order chi connectivity index (χ0) is 16.1. The lowest BCUT2D eigenvalue weighted by molar-refractivity contribution is 0.1000. The average Bonchev–Trinajstić information content (AvgIpc) is 2.79. The highest BCUT2D eigenvalue weighted by molar-refractivity contribution is 6.02. The zero-order valence-electron chi connectivity index (χ0n) is 13.3. The first kappa shape index (κ1) is 16.0. The Morgan fingerprint density at radius 2 is 2.27 bits per heavy atom. The molecule has 4 nitrogen and oxygen atoms in total. The number of amides is 1. The molecule has 0 saturated carbocycles. The van der Waals surface area contributed by atoms with E-state index in [1.54, 1.807) is 12.4 Å². The van der Waals surface area contributed by atoms with Gasteiger partial charge in [0, 0.05) is 41.5 Å². The molecule has 0 saturated heterocycles. The number of nitrogens with two attached hydrogens (primary N) is 1. The van der Waals surface area contributed by atoms with Crippen LogP contribution in [0.25, 0.3) is 11.1 Å². The van der Waals surface area contributed by atoms with Gasteiger partial charge in [-0.3, -0.25) is 9.78 Å². The molecule has 2 aromatic rings. The maximum Gasteiger partial charge on any atom is 0.251 e. The number of pyridine rings is 1. The van der Waals surface area contributed by atoms with E-state index in [9.17, 15) is 4.79 Å². The van der Waals surface area contributed by atoms with E-state index in [2.05, 4.69) is 23.1 Å². The normalized spacial score (nSPS) is 10.6. The summed E-state index contributed by atoms with van der Waals surface area (Å²) in [6, 6.07) is 3.85. The van der Waals surface area contributed by atoms with Crippen LogP contribution in [0.15, 0.2) is 37.2 Å². The predicted molar refractivity (Wildman–Crippen MR) is 89.7 cm³/mol. The molecule has 0 spiro atoms. The number of nitrogens with zero attached hydrogens (tertiary/aromatic N) is 2. The third-order valence-electron chi connectivity index (χ3n) is 3.91. The highest BCUT2D eigenvalue weighted by atomic mass is 16.1. The van der Waals surface area contributed by atoms with Crippen molar-refractivity contribution in [3.8, 4) is 11.1 Å². The summed E-state index contributed by atoms with van der Waals surface area (Å²) in [4.78, 5) is 16.2. The molecule has 4 heteroatoms. The molecule has 0 aliphatic rings. The molecule has 0 atom stereocenters. The first-order valence-corrected chi connectivity index (χ1v) is 7.64. The molecule has 0 fully saturated rings. The van der Waals surface area contributed by atoms with Gasteiger partial charge in [0.2, 0.25) is 0 Å². The summed E-state index contributed by atoms with van der Waals surface area (Å²) in [5.74, 6) is -0.392. The van der Waals surface area contributed by atoms with Gasteiger partial charge in [-0.25, -0.2) is 0 Å². The summed E-state index contributed by atoms with van der Waals surface area (Å²) < 4.78 is 2.14. The van der Waals surface area contributed by atoms with E-state index >= 15 is 0 Å². The number of aromatic nitrogens is 2. The molecule has 2 aromatic heterocycles. The van der Waals surface area contributed by atoms with Crippen LogP contribution in [0.3, 0.4) is 0 Å². The van der Waals surface area contributed by atoms with Gasteiger partial charge < -0.3 is 10.3 Å². The van der Waals surface area contributed by atoms with Gasteiger partial charge in [0.05, 0.1) is 5.56 Å². The van der Waals surface area contributed by atoms with Crippen molar-refractivity contribution in [1.29, 1.82) is 0 Å². The van der Waals surface area contributed by atoms with E-state index in [0.29, 0.717) is 12.1 Å². The van der Waals surface area contributed by atoms with Crippen LogP contribution in [0.4, 0.5) is 0 Å². The first-order valence-electron chi connectivity index (χ1n) is 7.64. The Bertz CT molecular complexity index is 671. The molecule has 0 aromatic carbocycles. The van der Waals surface area contributed by atoms with Crippen LogP contribution in [0.2, 0.25) is 0 Å². The van der Waals surface area contributed by atoms with Crippen molar-refractivity contribution in [3.05, 3.63) is 54.1 Å². The largest absolute Gasteiger partial charge is 0.366 e. The minimum atomic E-state index is -0.392. The lowest BCUT2D eigenvalue weighted by atomic mass is 9.99. The van der Waals surface area contributed by atoms with E-state index in [1.165, 1.54) is 0 Å². The topological polar surface area (TPSA) is 60.9 Å². The number of rotatable bonds is 7. The summed E-state index contributed by atoms with van der Waals surface area (Å²) in [5, 5.41) is 0. The zero-order valence-corrected chi connectivity index (χ0v) is 13.3. The van der Waals surface area contributed by atoms with Crippen LogP contribution in [0.5, 0.6) is 0 Å². The number of carbonyl (C=O) groups is 1. The minimum absolute atomic E-state index is 0.392. The summed E-state index contributed by atoms with van der Waals surface area (Å²) in [6.45, 7) is 8.60. The fourth-order valence-corrected chi connectivity index (χ4v) is 2.90. The monoisotopic (exact) mass is 297 g/mol. The molecule has 1 amide bonds. The Kier molecular flexibility index (Phi) is 5.15. The van der Waals surface area contributed by atoms with Gasteiger partial charge >= 0.3 is 0 Å². The van der Waals surface area contributed by atoms with Crippen molar-refractivity contribution >= 4 is 5.91 Å². The first-order chi connectivity index (χ1) is 10.6. The Balaban J connectivity index is 2.73. The van der Waals surface area contributed by atoms with Gasteiger partial charge in [0.25, 0.3) is 5.91 Å². The van der Waals surface area contributed by atoms with E-state index in [-0.39, 0.29) is 0 Å². The van der Waals surface area contributed by atoms with Crippen LogP contribution < -0.4 is 5.73 Å². The molecule has 116 valence electrons. The van der Waals surface area contributed by atoms with Gasteiger partial charge in [0.15, 0.2) is 0 Å². The van der Waals surface area contributed by atoms with Crippen molar-refractivity contribution in [2.24, 2.45) is 5.73 Å². The minimum Gasteiger partial charge on any atom is -0.366 e. The molecule has 0 bridgehead atoms. The second-order valence-corrected chi connectivity index (χ2v) is 5.39. The van der Waals surface area contributed by atoms with Gasteiger partial charge in [-0.2, -0.15) is 0 Å². The van der Waals surface area contributed by atoms with Crippen molar-refractivity contribution in [3.63, 3.8) is 0 Å². The van der Waals surface area contributed by atoms with Crippen LogP contribution in [0.1, 0.15) is 41.5 Å². The maximum absolute atomic E-state index is 12.0. The molecule has 0 aliphatic carbocycles. The summed E-state index contributed by atoms with van der Waals surface area (Å²) >= 11 is 0. The maximum atomic E-state index is 12.0. The Morgan fingerprint density at radius 1 is 1.50 bits per heavy atom. The average molecular weight is 297 g/mol. The van der Waals surface area contributed by atoms with Crippen LogP contribution in [0, 0.1) is 6.92 Å². The number of carbonyl (C=O) groups excluding carboxylic acids is 1. The highest BCUT2D eigenvalue weighted by Gasteiger charge is 2.23. The van der Waals surface area contributed by atoms with E-state index < -0.39 is 5.91 Å². The standard InChI is InChI=1S/C18H23N3O/c1-4-6-9-15-17(14-8-7-10-20-12-14)16(18(19)22)13(3)21(15)11-5-2/h5,7-8,10,12H,2,4,6,9,11H2,1,3H3,(H2,19,22). The fraction of sp³-hybridized carbons (Fsp3) is 0.333. The third-order valence-corrected chi connectivity index (χ3v) is 3.91. The third kappa shape index (κ3) is 2.96. The van der Waals surface area contributed by atoms with Crippen molar-refractivity contribution < 1.29 is 4.79 Å². The second-order valence-electron chi connectivity index (χ2n) is 5.39. The lowest BCUT2D eigenvalue weighted by Gasteiger charge is -2.11. The summed E-state index contributed by atoms with van der Waals surface area (Å²) in [7, 11) is 0. The quantitative estimate of drug-likeness (QED) is 0.795. The molecule has 0 radical (unpaired) electrons. The molecular weight excluding hydrogens is 274 g/mol. The number of hydrogen-bond donors (Lipinski definition) is 1. The summed E-state index contributed by atoms with van der Waals surface area (Å²) in [6.07, 6.45) is 8.42. The van der Waals surface area contributed by atoms with Crippen LogP contribution >= 0.6 is 0 Å². The van der Waals surface area contributed by atoms with Gasteiger partial charge in [-0.05, 0) is 25.8 Å². The van der Waals surface area contributed by atoms with Crippen molar-refractivity contribution in [1.82, 2.24) is 9.55 Å². The van der Waals surface area contributed by atoms with Gasteiger partial charge in [0.1, 0.15) is 0 Å². The van der Waals surface area contributed by atoms with E-state index in [4.69, 9.17) is 5.73 Å². The molecule has 0 unspecified atom stereocenters. The molecule has 22 heavy (non-hydrogen) atoms. The Hall–Kier alpha value is -2.36. The lowest BCUT2D eigenvalue weighted by Crippen LogP contribution is -2.13. The predicted octanol–water partition coefficient (Wildman–Crippen LogP) is 3.49. The van der Waals surface area contributed by atoms with Crippen molar-refractivity contribution in [2.45, 2.75) is 39.7 Å². The molecular formula is C18H23N3O. The van der Waals surface area contributed by atoms with E-state index in [1.807, 2.05) is 25.1 Å². The van der Waals surface area contributed by atoms with Crippen LogP contribution in [-0.4, -0.2) is 15.5 Å². The highest BCUT2D eigenvalue weighted by Crippen LogP contribution is 2.33. The molecule has 2 rings (SSSR count). The van der Waals surface area contributed by atoms with Crippen molar-refractivity contribution in [2.75, 3.05) is 0 Å². The smallest absolute Gasteiger partial charge is 0.251 e. The summed E-state index contributed by atoms with van der Waals surface area (Å²) in [5.41, 5.74) is 10.2. The number of unbranched alkanes of at least 4 members (excludes halogenated alkanes) is 1. The van der Waals surface area contributed by atoms with Gasteiger partial charge in [-0.1, -0.05) is 25.5 Å². The molecule has 2 N–H and O–H groups in total.